The SMILES string of the molecule is COC(=O)C(Cc1ccccc1)NC(=O)[C@H]1CCCCN1. The Bertz CT molecular complexity index is 470. The second-order valence-corrected chi connectivity index (χ2v) is 5.28. The van der Waals surface area contributed by atoms with Crippen LogP contribution >= 0.6 is 0 Å². The van der Waals surface area contributed by atoms with Gasteiger partial charge in [-0.05, 0) is 24.9 Å². The summed E-state index contributed by atoms with van der Waals surface area (Å²) in [6.07, 6.45) is 3.37. The van der Waals surface area contributed by atoms with Crippen LogP contribution in [-0.4, -0.2) is 37.6 Å². The van der Waals surface area contributed by atoms with Gasteiger partial charge in [-0.15, -0.1) is 0 Å². The van der Waals surface area contributed by atoms with E-state index in [0.29, 0.717) is 6.42 Å². The molecule has 1 aromatic carbocycles. The van der Waals surface area contributed by atoms with Crippen molar-refractivity contribution >= 4 is 11.9 Å². The summed E-state index contributed by atoms with van der Waals surface area (Å²) < 4.78 is 4.80. The van der Waals surface area contributed by atoms with Gasteiger partial charge < -0.3 is 15.4 Å². The highest BCUT2D eigenvalue weighted by Crippen LogP contribution is 2.09. The fraction of sp³-hybridized carbons (Fsp3) is 0.500. The quantitative estimate of drug-likeness (QED) is 0.795. The predicted octanol–water partition coefficient (Wildman–Crippen LogP) is 1.03. The zero-order valence-electron chi connectivity index (χ0n) is 12.3. The van der Waals surface area contributed by atoms with Crippen LogP contribution in [0, 0.1) is 0 Å². The monoisotopic (exact) mass is 290 g/mol. The van der Waals surface area contributed by atoms with E-state index < -0.39 is 12.0 Å². The molecule has 0 saturated carbocycles. The lowest BCUT2D eigenvalue weighted by Gasteiger charge is -2.25. The lowest BCUT2D eigenvalue weighted by molar-refractivity contribution is -0.145. The minimum atomic E-state index is -0.645. The maximum atomic E-state index is 12.2. The lowest BCUT2D eigenvalue weighted by Crippen LogP contribution is -2.52. The number of rotatable bonds is 5. The predicted molar refractivity (Wildman–Crippen MR) is 79.7 cm³/mol. The van der Waals surface area contributed by atoms with Crippen LogP contribution in [0.3, 0.4) is 0 Å². The van der Waals surface area contributed by atoms with Crippen LogP contribution in [0.2, 0.25) is 0 Å². The van der Waals surface area contributed by atoms with E-state index in [1.165, 1.54) is 7.11 Å². The van der Waals surface area contributed by atoms with Crippen molar-refractivity contribution in [1.82, 2.24) is 10.6 Å². The van der Waals surface area contributed by atoms with Gasteiger partial charge in [-0.2, -0.15) is 0 Å². The highest BCUT2D eigenvalue weighted by molar-refractivity contribution is 5.87. The van der Waals surface area contributed by atoms with Crippen molar-refractivity contribution in [2.24, 2.45) is 0 Å². The maximum absolute atomic E-state index is 12.2. The molecule has 1 fully saturated rings. The molecule has 2 rings (SSSR count). The van der Waals surface area contributed by atoms with Crippen molar-refractivity contribution < 1.29 is 14.3 Å². The maximum Gasteiger partial charge on any atom is 0.328 e. The molecule has 1 unspecified atom stereocenters. The Labute approximate surface area is 125 Å². The van der Waals surface area contributed by atoms with Gasteiger partial charge in [-0.3, -0.25) is 4.79 Å². The normalized spacial score (nSPS) is 19.6. The van der Waals surface area contributed by atoms with E-state index in [0.717, 1.165) is 31.4 Å². The van der Waals surface area contributed by atoms with E-state index in [9.17, 15) is 9.59 Å². The number of esters is 1. The first-order valence-electron chi connectivity index (χ1n) is 7.36. The Morgan fingerprint density at radius 2 is 2.10 bits per heavy atom. The molecule has 1 aliphatic heterocycles. The summed E-state index contributed by atoms with van der Waals surface area (Å²) in [6, 6.07) is 8.75. The molecule has 0 radical (unpaired) electrons. The zero-order valence-corrected chi connectivity index (χ0v) is 12.3. The molecular weight excluding hydrogens is 268 g/mol. The Morgan fingerprint density at radius 1 is 1.33 bits per heavy atom. The van der Waals surface area contributed by atoms with Crippen LogP contribution in [0.5, 0.6) is 0 Å². The first-order valence-corrected chi connectivity index (χ1v) is 7.36. The van der Waals surface area contributed by atoms with Gasteiger partial charge in [-0.1, -0.05) is 36.8 Å². The fourth-order valence-corrected chi connectivity index (χ4v) is 2.53. The number of ether oxygens (including phenoxy) is 1. The summed E-state index contributed by atoms with van der Waals surface area (Å²) in [5.74, 6) is -0.538. The molecule has 0 aliphatic carbocycles. The molecule has 1 aromatic rings. The molecule has 2 N–H and O–H groups in total. The van der Waals surface area contributed by atoms with Crippen LogP contribution in [0.4, 0.5) is 0 Å². The van der Waals surface area contributed by atoms with Gasteiger partial charge in [0.1, 0.15) is 6.04 Å². The summed E-state index contributed by atoms with van der Waals surface area (Å²) in [5, 5.41) is 5.99. The van der Waals surface area contributed by atoms with Crippen LogP contribution in [-0.2, 0) is 20.7 Å². The minimum absolute atomic E-state index is 0.124. The van der Waals surface area contributed by atoms with E-state index in [-0.39, 0.29) is 11.9 Å². The summed E-state index contributed by atoms with van der Waals surface area (Å²) >= 11 is 0. The van der Waals surface area contributed by atoms with Crippen LogP contribution in [0.15, 0.2) is 30.3 Å². The third-order valence-electron chi connectivity index (χ3n) is 3.71. The van der Waals surface area contributed by atoms with Crippen molar-refractivity contribution in [2.45, 2.75) is 37.8 Å². The lowest BCUT2D eigenvalue weighted by atomic mass is 10.0. The second-order valence-electron chi connectivity index (χ2n) is 5.28. The third kappa shape index (κ3) is 4.56. The Kier molecular flexibility index (Phi) is 5.75. The first kappa shape index (κ1) is 15.5. The molecule has 1 saturated heterocycles. The van der Waals surface area contributed by atoms with Gasteiger partial charge in [-0.25, -0.2) is 4.79 Å². The van der Waals surface area contributed by atoms with Crippen molar-refractivity contribution in [3.63, 3.8) is 0 Å². The number of nitrogens with one attached hydrogen (secondary N) is 2. The van der Waals surface area contributed by atoms with E-state index in [1.54, 1.807) is 0 Å². The summed E-state index contributed by atoms with van der Waals surface area (Å²) in [4.78, 5) is 24.1. The molecule has 5 heteroatoms. The minimum Gasteiger partial charge on any atom is -0.467 e. The van der Waals surface area contributed by atoms with Gasteiger partial charge in [0.15, 0.2) is 0 Å². The average Bonchev–Trinajstić information content (AvgIpc) is 2.55. The first-order chi connectivity index (χ1) is 10.2. The molecule has 1 aliphatic rings. The largest absolute Gasteiger partial charge is 0.467 e. The molecule has 114 valence electrons. The molecule has 1 amide bonds. The Balaban J connectivity index is 1.99. The summed E-state index contributed by atoms with van der Waals surface area (Å²) in [6.45, 7) is 0.847. The topological polar surface area (TPSA) is 67.4 Å². The number of hydrogen-bond donors (Lipinski definition) is 2. The molecular formula is C16H22N2O3. The smallest absolute Gasteiger partial charge is 0.328 e. The van der Waals surface area contributed by atoms with Crippen LogP contribution in [0.25, 0.3) is 0 Å². The van der Waals surface area contributed by atoms with Crippen molar-refractivity contribution in [2.75, 3.05) is 13.7 Å². The van der Waals surface area contributed by atoms with Gasteiger partial charge in [0.25, 0.3) is 0 Å². The summed E-state index contributed by atoms with van der Waals surface area (Å²) in [7, 11) is 1.34. The summed E-state index contributed by atoms with van der Waals surface area (Å²) in [5.41, 5.74) is 0.991. The highest BCUT2D eigenvalue weighted by Gasteiger charge is 2.27. The van der Waals surface area contributed by atoms with E-state index in [4.69, 9.17) is 4.74 Å². The van der Waals surface area contributed by atoms with Crippen molar-refractivity contribution in [3.05, 3.63) is 35.9 Å². The number of piperidine rings is 1. The molecule has 1 heterocycles. The molecule has 2 atom stereocenters. The van der Waals surface area contributed by atoms with Crippen LogP contribution in [0.1, 0.15) is 24.8 Å². The van der Waals surface area contributed by atoms with Gasteiger partial charge in [0.05, 0.1) is 13.2 Å². The van der Waals surface area contributed by atoms with Gasteiger partial charge in [0, 0.05) is 6.42 Å². The fourth-order valence-electron chi connectivity index (χ4n) is 2.53. The Hall–Kier alpha value is -1.88. The van der Waals surface area contributed by atoms with E-state index >= 15 is 0 Å². The van der Waals surface area contributed by atoms with Gasteiger partial charge in [0.2, 0.25) is 5.91 Å². The molecule has 5 nitrogen and oxygen atoms in total. The highest BCUT2D eigenvalue weighted by atomic mass is 16.5. The van der Waals surface area contributed by atoms with Crippen molar-refractivity contribution in [3.8, 4) is 0 Å². The van der Waals surface area contributed by atoms with Crippen molar-refractivity contribution in [1.29, 1.82) is 0 Å². The molecule has 0 spiro atoms. The third-order valence-corrected chi connectivity index (χ3v) is 3.71. The second kappa shape index (κ2) is 7.78. The number of carbonyl (C=O) groups is 2. The molecule has 21 heavy (non-hydrogen) atoms. The number of methoxy groups -OCH3 is 1. The number of benzene rings is 1. The number of carbonyl (C=O) groups excluding carboxylic acids is 2. The van der Waals surface area contributed by atoms with Gasteiger partial charge >= 0.3 is 5.97 Å². The number of hydrogen-bond acceptors (Lipinski definition) is 4. The van der Waals surface area contributed by atoms with E-state index in [1.807, 2.05) is 30.3 Å². The molecule has 0 aromatic heterocycles. The number of amides is 1. The Morgan fingerprint density at radius 3 is 2.71 bits per heavy atom. The standard InChI is InChI=1S/C16H22N2O3/c1-21-16(20)14(11-12-7-3-2-4-8-12)18-15(19)13-9-5-6-10-17-13/h2-4,7-8,13-14,17H,5-6,9-11H2,1H3,(H,18,19)/t13-,14?/m1/s1. The average molecular weight is 290 g/mol. The van der Waals surface area contributed by atoms with Crippen LogP contribution < -0.4 is 10.6 Å². The zero-order chi connectivity index (χ0) is 15.1. The molecule has 0 bridgehead atoms. The van der Waals surface area contributed by atoms with E-state index in [2.05, 4.69) is 10.6 Å².